The van der Waals surface area contributed by atoms with Crippen LogP contribution in [-0.4, -0.2) is 38.2 Å². The Hall–Kier alpha value is -1.75. The number of hydrogen-bond donors (Lipinski definition) is 0. The van der Waals surface area contributed by atoms with Gasteiger partial charge in [-0.25, -0.2) is 25.2 Å². The lowest BCUT2D eigenvalue weighted by Crippen LogP contribution is -2.31. The van der Waals surface area contributed by atoms with Crippen LogP contribution in [0, 0.1) is 19.7 Å². The molecule has 4 rings (SSSR count). The van der Waals surface area contributed by atoms with Crippen molar-refractivity contribution in [1.29, 1.82) is 0 Å². The number of nitrogens with zero attached hydrogens (tertiary/aromatic N) is 2. The van der Waals surface area contributed by atoms with Gasteiger partial charge in [-0.3, -0.25) is 0 Å². The number of hydrogen-bond acceptors (Lipinski definition) is 4. The number of sulfonamides is 1. The van der Waals surface area contributed by atoms with Crippen LogP contribution in [-0.2, 0) is 20.0 Å². The molecule has 0 atom stereocenters. The van der Waals surface area contributed by atoms with Gasteiger partial charge in [0.05, 0.1) is 4.90 Å². The fourth-order valence-electron chi connectivity index (χ4n) is 3.69. The van der Waals surface area contributed by atoms with E-state index in [1.165, 1.54) is 28.6 Å². The molecule has 0 spiro atoms. The number of benzene rings is 2. The predicted octanol–water partition coefficient (Wildman–Crippen LogP) is 4.18. The summed E-state index contributed by atoms with van der Waals surface area (Å²) >= 11 is 3.36. The van der Waals surface area contributed by atoms with Crippen LogP contribution in [0.3, 0.4) is 0 Å². The summed E-state index contributed by atoms with van der Waals surface area (Å²) in [5.74, 6) is -0.802. The minimum atomic E-state index is -4.38. The Morgan fingerprint density at radius 2 is 1.53 bits per heavy atom. The zero-order chi connectivity index (χ0) is 21.8. The van der Waals surface area contributed by atoms with E-state index in [2.05, 4.69) is 15.9 Å². The van der Waals surface area contributed by atoms with Gasteiger partial charge in [-0.15, -0.1) is 0 Å². The van der Waals surface area contributed by atoms with Crippen molar-refractivity contribution in [2.75, 3.05) is 13.1 Å². The summed E-state index contributed by atoms with van der Waals surface area (Å²) in [6, 6.07) is 8.45. The fraction of sp³-hybridized carbons (Fsp3) is 0.300. The molecule has 0 aliphatic carbocycles. The standard InChI is InChI=1S/C20H20BrFN2O4S2/c1-13-5-7-15(8-6-13)29(25,26)24-18(30(27,28)23-9-3-4-10-23)12-16-19(21)14(2)11-17(22)20(16)24/h5-8,11-12H,3-4,9-10H2,1-2H3. The van der Waals surface area contributed by atoms with Crippen LogP contribution in [0.4, 0.5) is 4.39 Å². The van der Waals surface area contributed by atoms with Crippen LogP contribution >= 0.6 is 15.9 Å². The maximum absolute atomic E-state index is 15.1. The SMILES string of the molecule is Cc1ccc(S(=O)(=O)n2c(S(=O)(=O)N3CCCC3)cc3c(Br)c(C)cc(F)c32)cc1. The van der Waals surface area contributed by atoms with Gasteiger partial charge in [0, 0.05) is 22.9 Å². The van der Waals surface area contributed by atoms with Crippen LogP contribution in [0.1, 0.15) is 24.0 Å². The number of aryl methyl sites for hydroxylation is 2. The Morgan fingerprint density at radius 1 is 0.933 bits per heavy atom. The summed E-state index contributed by atoms with van der Waals surface area (Å²) in [6.07, 6.45) is 1.39. The molecule has 0 radical (unpaired) electrons. The molecule has 1 fully saturated rings. The van der Waals surface area contributed by atoms with Gasteiger partial charge in [0.15, 0.2) is 5.03 Å². The van der Waals surface area contributed by atoms with Crippen molar-refractivity contribution in [3.63, 3.8) is 0 Å². The molecule has 0 N–H and O–H groups in total. The molecule has 1 aromatic heterocycles. The van der Waals surface area contributed by atoms with Gasteiger partial charge in [-0.05, 0) is 72.4 Å². The summed E-state index contributed by atoms with van der Waals surface area (Å²) in [6.45, 7) is 4.07. The quantitative estimate of drug-likeness (QED) is 0.523. The number of fused-ring (bicyclic) bond motifs is 1. The summed E-state index contributed by atoms with van der Waals surface area (Å²) in [7, 11) is -8.53. The van der Waals surface area contributed by atoms with E-state index in [1.807, 2.05) is 6.92 Å². The molecule has 160 valence electrons. The van der Waals surface area contributed by atoms with Crippen LogP contribution in [0.15, 0.2) is 50.8 Å². The molecule has 0 unspecified atom stereocenters. The van der Waals surface area contributed by atoms with Crippen LogP contribution in [0.5, 0.6) is 0 Å². The zero-order valence-electron chi connectivity index (χ0n) is 16.4. The number of rotatable bonds is 4. The van der Waals surface area contributed by atoms with Crippen molar-refractivity contribution >= 4 is 46.9 Å². The van der Waals surface area contributed by atoms with E-state index in [9.17, 15) is 16.8 Å². The van der Waals surface area contributed by atoms with E-state index < -0.39 is 30.9 Å². The first-order valence-electron chi connectivity index (χ1n) is 9.37. The summed E-state index contributed by atoms with van der Waals surface area (Å²) in [5, 5.41) is -0.258. The van der Waals surface area contributed by atoms with Gasteiger partial charge < -0.3 is 0 Å². The van der Waals surface area contributed by atoms with E-state index in [1.54, 1.807) is 19.1 Å². The lowest BCUT2D eigenvalue weighted by Gasteiger charge is -2.18. The van der Waals surface area contributed by atoms with Crippen molar-refractivity contribution in [3.05, 3.63) is 57.8 Å². The fourth-order valence-corrected chi connectivity index (χ4v) is 7.66. The molecule has 2 aromatic carbocycles. The van der Waals surface area contributed by atoms with Crippen molar-refractivity contribution < 1.29 is 21.2 Å². The molecule has 0 bridgehead atoms. The highest BCUT2D eigenvalue weighted by Gasteiger charge is 2.36. The Morgan fingerprint density at radius 3 is 2.13 bits per heavy atom. The van der Waals surface area contributed by atoms with Crippen molar-refractivity contribution in [2.45, 2.75) is 36.6 Å². The molecular weight excluding hydrogens is 495 g/mol. The van der Waals surface area contributed by atoms with Gasteiger partial charge in [-0.1, -0.05) is 17.7 Å². The van der Waals surface area contributed by atoms with E-state index in [4.69, 9.17) is 0 Å². The molecule has 1 aliphatic rings. The second kappa shape index (κ2) is 7.44. The summed E-state index contributed by atoms with van der Waals surface area (Å²) < 4.78 is 71.2. The Kier molecular flexibility index (Phi) is 5.32. The number of aromatic nitrogens is 1. The molecule has 1 aliphatic heterocycles. The molecule has 6 nitrogen and oxygen atoms in total. The topological polar surface area (TPSA) is 76.5 Å². The normalized spacial score (nSPS) is 15.9. The monoisotopic (exact) mass is 514 g/mol. The third-order valence-electron chi connectivity index (χ3n) is 5.31. The first-order valence-corrected chi connectivity index (χ1v) is 13.0. The van der Waals surface area contributed by atoms with Gasteiger partial charge >= 0.3 is 0 Å². The maximum atomic E-state index is 15.1. The highest BCUT2D eigenvalue weighted by molar-refractivity contribution is 9.10. The molecule has 0 amide bonds. The number of halogens is 2. The highest BCUT2D eigenvalue weighted by Crippen LogP contribution is 2.37. The minimum absolute atomic E-state index is 0.112. The summed E-state index contributed by atoms with van der Waals surface area (Å²) in [4.78, 5) is -0.112. The second-order valence-corrected chi connectivity index (χ2v) is 11.9. The molecule has 2 heterocycles. The van der Waals surface area contributed by atoms with Gasteiger partial charge in [0.1, 0.15) is 11.3 Å². The molecule has 30 heavy (non-hydrogen) atoms. The van der Waals surface area contributed by atoms with Crippen LogP contribution in [0.2, 0.25) is 0 Å². The van der Waals surface area contributed by atoms with Gasteiger partial charge in [-0.2, -0.15) is 4.31 Å². The minimum Gasteiger partial charge on any atom is -0.218 e. The average molecular weight is 515 g/mol. The molecule has 3 aromatic rings. The Bertz CT molecular complexity index is 1360. The average Bonchev–Trinajstić information content (AvgIpc) is 3.35. The largest absolute Gasteiger partial charge is 0.269 e. The first-order chi connectivity index (χ1) is 14.0. The summed E-state index contributed by atoms with van der Waals surface area (Å²) in [5.41, 5.74) is 1.10. The smallest absolute Gasteiger partial charge is 0.218 e. The van der Waals surface area contributed by atoms with E-state index >= 15 is 4.39 Å². The molecule has 10 heteroatoms. The zero-order valence-corrected chi connectivity index (χ0v) is 19.6. The first kappa shape index (κ1) is 21.5. The third-order valence-corrected chi connectivity index (χ3v) is 10.1. The molecule has 0 saturated carbocycles. The Balaban J connectivity index is 2.11. The van der Waals surface area contributed by atoms with Crippen molar-refractivity contribution in [2.24, 2.45) is 0 Å². The van der Waals surface area contributed by atoms with Crippen LogP contribution in [0.25, 0.3) is 10.9 Å². The van der Waals surface area contributed by atoms with E-state index in [0.29, 0.717) is 39.9 Å². The molecule has 1 saturated heterocycles. The van der Waals surface area contributed by atoms with Gasteiger partial charge in [0.2, 0.25) is 0 Å². The van der Waals surface area contributed by atoms with Gasteiger partial charge in [0.25, 0.3) is 20.0 Å². The lowest BCUT2D eigenvalue weighted by molar-refractivity contribution is 0.472. The maximum Gasteiger partial charge on any atom is 0.269 e. The third kappa shape index (κ3) is 3.30. The molecular formula is C20H20BrFN2O4S2. The van der Waals surface area contributed by atoms with E-state index in [0.717, 1.165) is 5.56 Å². The Labute approximate surface area is 183 Å². The lowest BCUT2D eigenvalue weighted by atomic mass is 10.2. The van der Waals surface area contributed by atoms with E-state index in [-0.39, 0.29) is 15.8 Å². The van der Waals surface area contributed by atoms with Crippen molar-refractivity contribution in [3.8, 4) is 0 Å². The highest BCUT2D eigenvalue weighted by atomic mass is 79.9. The predicted molar refractivity (Wildman–Crippen MR) is 116 cm³/mol. The van der Waals surface area contributed by atoms with Crippen molar-refractivity contribution in [1.82, 2.24) is 8.28 Å². The van der Waals surface area contributed by atoms with Crippen LogP contribution < -0.4 is 0 Å². The second-order valence-electron chi connectivity index (χ2n) is 7.43.